The zero-order valence-corrected chi connectivity index (χ0v) is 27.3. The third-order valence-electron chi connectivity index (χ3n) is 9.08. The second-order valence-corrected chi connectivity index (χ2v) is 13.1. The van der Waals surface area contributed by atoms with Crippen molar-refractivity contribution in [1.82, 2.24) is 34.5 Å². The third kappa shape index (κ3) is 4.65. The van der Waals surface area contributed by atoms with Crippen molar-refractivity contribution in [2.75, 3.05) is 0 Å². The second-order valence-electron chi connectivity index (χ2n) is 12.0. The molecular formula is C42H25N7S. The molecule has 10 rings (SSSR count). The highest BCUT2D eigenvalue weighted by Crippen LogP contribution is 2.43. The molecule has 0 radical (unpaired) electrons. The maximum absolute atomic E-state index is 5.14. The molecule has 10 aromatic rings. The Balaban J connectivity index is 1.18. The number of pyridine rings is 1. The van der Waals surface area contributed by atoms with E-state index in [2.05, 4.69) is 117 Å². The summed E-state index contributed by atoms with van der Waals surface area (Å²) >= 11 is 1.81. The third-order valence-corrected chi connectivity index (χ3v) is 10.2. The van der Waals surface area contributed by atoms with Gasteiger partial charge < -0.3 is 4.57 Å². The highest BCUT2D eigenvalue weighted by Gasteiger charge is 2.20. The number of hydrogen-bond donors (Lipinski definition) is 0. The highest BCUT2D eigenvalue weighted by atomic mass is 32.1. The summed E-state index contributed by atoms with van der Waals surface area (Å²) in [4.78, 5) is 28.0. The molecule has 5 heterocycles. The molecule has 0 spiro atoms. The van der Waals surface area contributed by atoms with Crippen LogP contribution in [0.3, 0.4) is 0 Å². The van der Waals surface area contributed by atoms with Crippen molar-refractivity contribution < 1.29 is 0 Å². The highest BCUT2D eigenvalue weighted by molar-refractivity contribution is 7.26. The Kier molecular flexibility index (Phi) is 6.53. The summed E-state index contributed by atoms with van der Waals surface area (Å²) in [5.41, 5.74) is 9.54. The van der Waals surface area contributed by atoms with Crippen LogP contribution in [0, 0.1) is 0 Å². The Hall–Kier alpha value is -6.64. The maximum atomic E-state index is 5.14. The number of benzene rings is 5. The SMILES string of the molecule is c1ccc(-c2cc(-c3ccccc3)nc(-c3ccc(-n4c5ccc(-c6ncncn6)nc5c5ccc6sc7ccccc7c6c54)cc3)n2)cc1. The minimum absolute atomic E-state index is 0.543. The molecule has 0 bridgehead atoms. The van der Waals surface area contributed by atoms with Gasteiger partial charge in [0.15, 0.2) is 11.6 Å². The van der Waals surface area contributed by atoms with Gasteiger partial charge in [-0.2, -0.15) is 0 Å². The van der Waals surface area contributed by atoms with Gasteiger partial charge in [-0.25, -0.2) is 29.9 Å². The van der Waals surface area contributed by atoms with Crippen molar-refractivity contribution in [2.24, 2.45) is 0 Å². The van der Waals surface area contributed by atoms with Crippen LogP contribution in [-0.4, -0.2) is 34.5 Å². The molecule has 0 unspecified atom stereocenters. The Labute approximate surface area is 290 Å². The van der Waals surface area contributed by atoms with Crippen molar-refractivity contribution in [3.8, 4) is 51.1 Å². The van der Waals surface area contributed by atoms with Gasteiger partial charge in [-0.1, -0.05) is 78.9 Å². The summed E-state index contributed by atoms with van der Waals surface area (Å²) in [6.07, 6.45) is 3.00. The van der Waals surface area contributed by atoms with Crippen molar-refractivity contribution in [2.45, 2.75) is 0 Å². The molecule has 0 saturated carbocycles. The summed E-state index contributed by atoms with van der Waals surface area (Å²) in [5, 5.41) is 3.52. The van der Waals surface area contributed by atoms with Crippen LogP contribution in [0.15, 0.2) is 152 Å². The van der Waals surface area contributed by atoms with E-state index in [1.165, 1.54) is 32.8 Å². The van der Waals surface area contributed by atoms with Gasteiger partial charge in [-0.3, -0.25) is 0 Å². The van der Waals surface area contributed by atoms with Crippen molar-refractivity contribution in [3.63, 3.8) is 0 Å². The van der Waals surface area contributed by atoms with Gasteiger partial charge in [0, 0.05) is 47.9 Å². The Morgan fingerprint density at radius 1 is 0.480 bits per heavy atom. The number of aromatic nitrogens is 7. The monoisotopic (exact) mass is 659 g/mol. The predicted octanol–water partition coefficient (Wildman–Crippen LogP) is 10.2. The Morgan fingerprint density at radius 3 is 1.88 bits per heavy atom. The lowest BCUT2D eigenvalue weighted by molar-refractivity contribution is 1.04. The summed E-state index contributed by atoms with van der Waals surface area (Å²) in [7, 11) is 0. The summed E-state index contributed by atoms with van der Waals surface area (Å²) in [6.45, 7) is 0. The normalized spacial score (nSPS) is 11.6. The minimum Gasteiger partial charge on any atom is -0.307 e. The number of nitrogens with zero attached hydrogens (tertiary/aromatic N) is 7. The van der Waals surface area contributed by atoms with E-state index in [4.69, 9.17) is 15.0 Å². The molecule has 50 heavy (non-hydrogen) atoms. The van der Waals surface area contributed by atoms with Gasteiger partial charge in [0.25, 0.3) is 0 Å². The average Bonchev–Trinajstić information content (AvgIpc) is 3.74. The molecule has 7 nitrogen and oxygen atoms in total. The number of fused-ring (bicyclic) bond motifs is 7. The molecule has 234 valence electrons. The largest absolute Gasteiger partial charge is 0.307 e. The number of thiophene rings is 1. The van der Waals surface area contributed by atoms with E-state index < -0.39 is 0 Å². The average molecular weight is 660 g/mol. The van der Waals surface area contributed by atoms with Crippen LogP contribution in [0.4, 0.5) is 0 Å². The smallest absolute Gasteiger partial charge is 0.181 e. The van der Waals surface area contributed by atoms with Crippen LogP contribution in [-0.2, 0) is 0 Å². The summed E-state index contributed by atoms with van der Waals surface area (Å²) in [5.74, 6) is 1.22. The fourth-order valence-electron chi connectivity index (χ4n) is 6.79. The first kappa shape index (κ1) is 28.4. The first-order valence-corrected chi connectivity index (χ1v) is 17.1. The van der Waals surface area contributed by atoms with Crippen molar-refractivity contribution >= 4 is 53.4 Å². The topological polar surface area (TPSA) is 82.3 Å². The van der Waals surface area contributed by atoms with Crippen LogP contribution in [0.1, 0.15) is 0 Å². The van der Waals surface area contributed by atoms with E-state index in [9.17, 15) is 0 Å². The van der Waals surface area contributed by atoms with E-state index in [0.717, 1.165) is 55.7 Å². The second kappa shape index (κ2) is 11.5. The fourth-order valence-corrected chi connectivity index (χ4v) is 7.89. The molecule has 0 saturated heterocycles. The van der Waals surface area contributed by atoms with Gasteiger partial charge in [-0.15, -0.1) is 11.3 Å². The van der Waals surface area contributed by atoms with Crippen LogP contribution in [0.5, 0.6) is 0 Å². The molecule has 0 amide bonds. The van der Waals surface area contributed by atoms with E-state index >= 15 is 0 Å². The lowest BCUT2D eigenvalue weighted by atomic mass is 10.1. The van der Waals surface area contributed by atoms with Crippen LogP contribution >= 0.6 is 11.3 Å². The van der Waals surface area contributed by atoms with E-state index in [0.29, 0.717) is 17.3 Å². The number of rotatable bonds is 5. The molecule has 5 aromatic carbocycles. The number of hydrogen-bond acceptors (Lipinski definition) is 7. The standard InChI is InChI=1S/C42H25N7S/c1-3-9-26(10-4-1)33-23-34(27-11-5-2-6-12-27)48-41(47-33)28-15-17-29(18-16-28)49-35-21-20-32(42-44-24-43-25-45-42)46-39(35)31-19-22-37-38(40(31)49)30-13-7-8-14-36(30)50-37/h1-25H. The molecule has 0 aliphatic heterocycles. The van der Waals surface area contributed by atoms with Gasteiger partial charge >= 0.3 is 0 Å². The lowest BCUT2D eigenvalue weighted by Crippen LogP contribution is -1.98. The molecule has 0 aliphatic rings. The lowest BCUT2D eigenvalue weighted by Gasteiger charge is -2.12. The quantitative estimate of drug-likeness (QED) is 0.183. The van der Waals surface area contributed by atoms with Crippen LogP contribution in [0.2, 0.25) is 0 Å². The predicted molar refractivity (Wildman–Crippen MR) is 202 cm³/mol. The molecule has 0 atom stereocenters. The Bertz CT molecular complexity index is 2790. The Morgan fingerprint density at radius 2 is 1.16 bits per heavy atom. The van der Waals surface area contributed by atoms with E-state index in [1.54, 1.807) is 0 Å². The minimum atomic E-state index is 0.543. The molecular weight excluding hydrogens is 635 g/mol. The first-order valence-electron chi connectivity index (χ1n) is 16.3. The summed E-state index contributed by atoms with van der Waals surface area (Å²) < 4.78 is 4.82. The summed E-state index contributed by atoms with van der Waals surface area (Å²) in [6, 6.07) is 48.3. The van der Waals surface area contributed by atoms with Crippen molar-refractivity contribution in [3.05, 3.63) is 152 Å². The van der Waals surface area contributed by atoms with Gasteiger partial charge in [0.2, 0.25) is 0 Å². The zero-order chi connectivity index (χ0) is 33.0. The van der Waals surface area contributed by atoms with Crippen LogP contribution < -0.4 is 0 Å². The van der Waals surface area contributed by atoms with E-state index in [-0.39, 0.29) is 0 Å². The molecule has 5 aromatic heterocycles. The molecule has 0 fully saturated rings. The zero-order valence-electron chi connectivity index (χ0n) is 26.5. The van der Waals surface area contributed by atoms with Gasteiger partial charge in [0.05, 0.1) is 27.9 Å². The van der Waals surface area contributed by atoms with Crippen LogP contribution in [0.25, 0.3) is 93.2 Å². The maximum Gasteiger partial charge on any atom is 0.181 e. The first-order chi connectivity index (χ1) is 24.8. The van der Waals surface area contributed by atoms with Gasteiger partial charge in [-0.05, 0) is 60.7 Å². The van der Waals surface area contributed by atoms with Gasteiger partial charge in [0.1, 0.15) is 18.3 Å². The van der Waals surface area contributed by atoms with Crippen molar-refractivity contribution in [1.29, 1.82) is 0 Å². The molecule has 0 N–H and O–H groups in total. The molecule has 8 heteroatoms. The van der Waals surface area contributed by atoms with E-state index in [1.807, 2.05) is 53.8 Å². The molecule has 0 aliphatic carbocycles. The fraction of sp³-hybridized carbons (Fsp3) is 0.